The van der Waals surface area contributed by atoms with Gasteiger partial charge in [-0.3, -0.25) is 0 Å². The molecule has 0 fully saturated rings. The van der Waals surface area contributed by atoms with Crippen LogP contribution in [-0.4, -0.2) is 12.0 Å². The summed E-state index contributed by atoms with van der Waals surface area (Å²) >= 11 is 5.60. The highest BCUT2D eigenvalue weighted by molar-refractivity contribution is 6.30. The van der Waals surface area contributed by atoms with E-state index < -0.39 is 5.82 Å². The van der Waals surface area contributed by atoms with Crippen molar-refractivity contribution in [1.29, 1.82) is 0 Å². The third-order valence-corrected chi connectivity index (χ3v) is 2.60. The summed E-state index contributed by atoms with van der Waals surface area (Å²) in [6.45, 7) is 0.716. The van der Waals surface area contributed by atoms with Gasteiger partial charge in [0.2, 0.25) is 5.88 Å². The molecule has 0 bridgehead atoms. The molecule has 0 spiro atoms. The predicted octanol–water partition coefficient (Wildman–Crippen LogP) is 3.39. The fourth-order valence-corrected chi connectivity index (χ4v) is 1.60. The largest absolute Gasteiger partial charge is 0.439 e. The first-order valence-corrected chi connectivity index (χ1v) is 5.79. The fourth-order valence-electron chi connectivity index (χ4n) is 1.48. The van der Waals surface area contributed by atoms with E-state index in [1.165, 1.54) is 12.1 Å². The number of hydrogen-bond donors (Lipinski definition) is 1. The van der Waals surface area contributed by atoms with E-state index in [-0.39, 0.29) is 5.02 Å². The Hall–Kier alpha value is -1.65. The molecule has 2 aromatic rings. The molecule has 0 unspecified atom stereocenters. The monoisotopic (exact) mass is 266 g/mol. The molecular formula is C13H12ClFN2O. The van der Waals surface area contributed by atoms with Crippen molar-refractivity contribution in [2.75, 3.05) is 7.05 Å². The molecule has 0 aliphatic carbocycles. The van der Waals surface area contributed by atoms with Crippen molar-refractivity contribution in [3.05, 3.63) is 52.9 Å². The van der Waals surface area contributed by atoms with E-state index >= 15 is 0 Å². The first-order valence-electron chi connectivity index (χ1n) is 5.41. The Morgan fingerprint density at radius 1 is 1.33 bits per heavy atom. The minimum Gasteiger partial charge on any atom is -0.439 e. The van der Waals surface area contributed by atoms with E-state index in [1.54, 1.807) is 18.3 Å². The Bertz CT molecular complexity index is 548. The second kappa shape index (κ2) is 5.80. The molecular weight excluding hydrogens is 255 g/mol. The lowest BCUT2D eigenvalue weighted by Crippen LogP contribution is -2.05. The zero-order valence-corrected chi connectivity index (χ0v) is 10.5. The third-order valence-electron chi connectivity index (χ3n) is 2.29. The van der Waals surface area contributed by atoms with Gasteiger partial charge >= 0.3 is 0 Å². The molecule has 18 heavy (non-hydrogen) atoms. The first kappa shape index (κ1) is 12.8. The standard InChI is InChI=1S/C13H12ClFN2O/c1-16-8-9-4-5-17-13(6-9)18-10-2-3-11(14)12(15)7-10/h2-7,16H,8H2,1H3. The number of rotatable bonds is 4. The van der Waals surface area contributed by atoms with E-state index in [1.807, 2.05) is 13.1 Å². The molecule has 0 saturated heterocycles. The number of hydrogen-bond acceptors (Lipinski definition) is 3. The molecule has 2 rings (SSSR count). The molecule has 1 aromatic heterocycles. The van der Waals surface area contributed by atoms with Crippen molar-refractivity contribution >= 4 is 11.6 Å². The van der Waals surface area contributed by atoms with E-state index in [4.69, 9.17) is 16.3 Å². The Balaban J connectivity index is 2.17. The van der Waals surface area contributed by atoms with Crippen molar-refractivity contribution in [2.45, 2.75) is 6.54 Å². The van der Waals surface area contributed by atoms with Crippen molar-refractivity contribution in [1.82, 2.24) is 10.3 Å². The Labute approximate surface area is 110 Å². The van der Waals surface area contributed by atoms with Gasteiger partial charge in [0.25, 0.3) is 0 Å². The molecule has 0 saturated carbocycles. The van der Waals surface area contributed by atoms with Gasteiger partial charge in [0.15, 0.2) is 0 Å². The van der Waals surface area contributed by atoms with Crippen molar-refractivity contribution < 1.29 is 9.13 Å². The molecule has 3 nitrogen and oxygen atoms in total. The van der Waals surface area contributed by atoms with Crippen molar-refractivity contribution in [3.8, 4) is 11.6 Å². The molecule has 0 amide bonds. The van der Waals surface area contributed by atoms with Gasteiger partial charge in [0.05, 0.1) is 5.02 Å². The van der Waals surface area contributed by atoms with E-state index in [2.05, 4.69) is 10.3 Å². The summed E-state index contributed by atoms with van der Waals surface area (Å²) < 4.78 is 18.7. The maximum absolute atomic E-state index is 13.2. The maximum atomic E-state index is 13.2. The Morgan fingerprint density at radius 2 is 2.17 bits per heavy atom. The third kappa shape index (κ3) is 3.18. The molecule has 0 aliphatic rings. The van der Waals surface area contributed by atoms with Crippen LogP contribution in [0.15, 0.2) is 36.5 Å². The quantitative estimate of drug-likeness (QED) is 0.921. The van der Waals surface area contributed by atoms with Crippen LogP contribution in [0.5, 0.6) is 11.6 Å². The summed E-state index contributed by atoms with van der Waals surface area (Å²) in [6, 6.07) is 7.95. The molecule has 1 heterocycles. The van der Waals surface area contributed by atoms with Crippen LogP contribution in [0.4, 0.5) is 4.39 Å². The van der Waals surface area contributed by atoms with Gasteiger partial charge in [-0.1, -0.05) is 11.6 Å². The topological polar surface area (TPSA) is 34.2 Å². The van der Waals surface area contributed by atoms with Crippen molar-refractivity contribution in [2.24, 2.45) is 0 Å². The number of aromatic nitrogens is 1. The van der Waals surface area contributed by atoms with Crippen molar-refractivity contribution in [3.63, 3.8) is 0 Å². The van der Waals surface area contributed by atoms with Crippen LogP contribution in [0.25, 0.3) is 0 Å². The zero-order valence-electron chi connectivity index (χ0n) is 9.78. The molecule has 0 aliphatic heterocycles. The van der Waals surface area contributed by atoms with Crippen LogP contribution >= 0.6 is 11.6 Å². The van der Waals surface area contributed by atoms with Gasteiger partial charge in [-0.05, 0) is 30.8 Å². The fraction of sp³-hybridized carbons (Fsp3) is 0.154. The van der Waals surface area contributed by atoms with Crippen LogP contribution in [0.1, 0.15) is 5.56 Å². The Kier molecular flexibility index (Phi) is 4.12. The van der Waals surface area contributed by atoms with E-state index in [0.29, 0.717) is 18.2 Å². The first-order chi connectivity index (χ1) is 8.69. The number of benzene rings is 1. The van der Waals surface area contributed by atoms with Crippen LogP contribution in [0.2, 0.25) is 5.02 Å². The normalized spacial score (nSPS) is 10.4. The highest BCUT2D eigenvalue weighted by Crippen LogP contribution is 2.24. The summed E-state index contributed by atoms with van der Waals surface area (Å²) in [5, 5.41) is 3.10. The van der Waals surface area contributed by atoms with Crippen LogP contribution < -0.4 is 10.1 Å². The highest BCUT2D eigenvalue weighted by Gasteiger charge is 2.04. The van der Waals surface area contributed by atoms with Gasteiger partial charge in [-0.15, -0.1) is 0 Å². The molecule has 0 radical (unpaired) electrons. The summed E-state index contributed by atoms with van der Waals surface area (Å²) in [7, 11) is 1.86. The van der Waals surface area contributed by atoms with E-state index in [9.17, 15) is 4.39 Å². The smallest absolute Gasteiger partial charge is 0.219 e. The number of nitrogens with one attached hydrogen (secondary N) is 1. The molecule has 1 N–H and O–H groups in total. The number of nitrogens with zero attached hydrogens (tertiary/aromatic N) is 1. The number of ether oxygens (including phenoxy) is 1. The maximum Gasteiger partial charge on any atom is 0.219 e. The molecule has 94 valence electrons. The minimum atomic E-state index is -0.513. The SMILES string of the molecule is CNCc1ccnc(Oc2ccc(Cl)c(F)c2)c1. The predicted molar refractivity (Wildman–Crippen MR) is 68.5 cm³/mol. The number of halogens is 2. The van der Waals surface area contributed by atoms with Crippen LogP contribution in [-0.2, 0) is 6.54 Å². The average molecular weight is 267 g/mol. The minimum absolute atomic E-state index is 0.0687. The van der Waals surface area contributed by atoms with Crippen LogP contribution in [0, 0.1) is 5.82 Å². The molecule has 5 heteroatoms. The summed E-state index contributed by atoms with van der Waals surface area (Å²) in [4.78, 5) is 4.06. The van der Waals surface area contributed by atoms with Gasteiger partial charge in [0, 0.05) is 24.9 Å². The second-order valence-corrected chi connectivity index (χ2v) is 4.12. The highest BCUT2D eigenvalue weighted by atomic mass is 35.5. The average Bonchev–Trinajstić information content (AvgIpc) is 2.35. The second-order valence-electron chi connectivity index (χ2n) is 3.71. The summed E-state index contributed by atoms with van der Waals surface area (Å²) in [5.41, 5.74) is 1.04. The van der Waals surface area contributed by atoms with Crippen LogP contribution in [0.3, 0.4) is 0 Å². The zero-order chi connectivity index (χ0) is 13.0. The Morgan fingerprint density at radius 3 is 2.89 bits per heavy atom. The van der Waals surface area contributed by atoms with Gasteiger partial charge in [0.1, 0.15) is 11.6 Å². The summed E-state index contributed by atoms with van der Waals surface area (Å²) in [6.07, 6.45) is 1.65. The lowest BCUT2D eigenvalue weighted by Gasteiger charge is -2.07. The molecule has 1 aromatic carbocycles. The molecule has 0 atom stereocenters. The van der Waals surface area contributed by atoms with Gasteiger partial charge in [-0.25, -0.2) is 9.37 Å². The number of pyridine rings is 1. The summed E-state index contributed by atoms with van der Waals surface area (Å²) in [5.74, 6) is 0.274. The lowest BCUT2D eigenvalue weighted by atomic mass is 10.2. The lowest BCUT2D eigenvalue weighted by molar-refractivity contribution is 0.457. The van der Waals surface area contributed by atoms with Gasteiger partial charge < -0.3 is 10.1 Å². The van der Waals surface area contributed by atoms with Gasteiger partial charge in [-0.2, -0.15) is 0 Å². The van der Waals surface area contributed by atoms with E-state index in [0.717, 1.165) is 5.56 Å².